The first kappa shape index (κ1) is 21.4. The molecular weight excluding hydrogens is 410 g/mol. The molecule has 3 aromatic rings. The van der Waals surface area contributed by atoms with Crippen molar-refractivity contribution in [1.82, 2.24) is 19.4 Å². The summed E-state index contributed by atoms with van der Waals surface area (Å²) in [7, 11) is 3.89. The average Bonchev–Trinajstić information content (AvgIpc) is 3.06. The summed E-state index contributed by atoms with van der Waals surface area (Å²) in [6.07, 6.45) is 1.43. The molecular formula is C20H24ClN5O2S. The summed E-state index contributed by atoms with van der Waals surface area (Å²) < 4.78 is 2.28. The highest BCUT2D eigenvalue weighted by Crippen LogP contribution is 2.33. The Kier molecular flexibility index (Phi) is 6.36. The van der Waals surface area contributed by atoms with Crippen molar-refractivity contribution in [2.24, 2.45) is 0 Å². The van der Waals surface area contributed by atoms with Crippen LogP contribution in [0.25, 0.3) is 10.2 Å². The Hall–Kier alpha value is -2.29. The zero-order chi connectivity index (χ0) is 21.3. The number of hydrogen-bond donors (Lipinski definition) is 0. The Morgan fingerprint density at radius 3 is 2.62 bits per heavy atom. The second-order valence-electron chi connectivity index (χ2n) is 7.30. The van der Waals surface area contributed by atoms with Crippen molar-refractivity contribution in [3.8, 4) is 0 Å². The first-order valence-corrected chi connectivity index (χ1v) is 10.4. The molecule has 0 radical (unpaired) electrons. The number of carbonyl (C=O) groups excluding carboxylic acids is 1. The van der Waals surface area contributed by atoms with Gasteiger partial charge in [-0.15, -0.1) is 0 Å². The molecule has 7 nitrogen and oxygen atoms in total. The van der Waals surface area contributed by atoms with Crippen LogP contribution >= 0.6 is 22.9 Å². The standard InChI is InChI=1S/C20H24ClN5O2S/c1-12-8-15(21)9-16-18(12)23-20(29-16)26(7-6-24(4)5)17(27)10-25-11-22-14(3)13(2)19(25)28/h8-9,11H,6-7,10H2,1-5H3. The highest BCUT2D eigenvalue weighted by atomic mass is 35.5. The van der Waals surface area contributed by atoms with E-state index in [0.29, 0.717) is 34.5 Å². The van der Waals surface area contributed by atoms with Crippen molar-refractivity contribution in [2.45, 2.75) is 27.3 Å². The largest absolute Gasteiger partial charge is 0.308 e. The van der Waals surface area contributed by atoms with Crippen LogP contribution in [0.15, 0.2) is 23.3 Å². The van der Waals surface area contributed by atoms with Crippen LogP contribution in [0.2, 0.25) is 5.02 Å². The number of likely N-dealkylation sites (N-methyl/N-ethyl adjacent to an activating group) is 1. The van der Waals surface area contributed by atoms with Crippen LogP contribution in [0.3, 0.4) is 0 Å². The average molecular weight is 434 g/mol. The molecule has 0 saturated heterocycles. The van der Waals surface area contributed by atoms with E-state index >= 15 is 0 Å². The Balaban J connectivity index is 1.97. The number of hydrogen-bond acceptors (Lipinski definition) is 6. The lowest BCUT2D eigenvalue weighted by molar-refractivity contribution is -0.119. The predicted molar refractivity (Wildman–Crippen MR) is 118 cm³/mol. The molecule has 0 atom stereocenters. The SMILES string of the molecule is Cc1ncn(CC(=O)N(CCN(C)C)c2nc3c(C)cc(Cl)cc3s2)c(=O)c1C. The summed E-state index contributed by atoms with van der Waals surface area (Å²) in [6, 6.07) is 3.72. The summed E-state index contributed by atoms with van der Waals surface area (Å²) in [5, 5.41) is 1.24. The number of nitrogens with zero attached hydrogens (tertiary/aromatic N) is 5. The molecule has 154 valence electrons. The number of carbonyl (C=O) groups is 1. The number of aryl methyl sites for hydroxylation is 2. The number of amides is 1. The minimum Gasteiger partial charge on any atom is -0.308 e. The summed E-state index contributed by atoms with van der Waals surface area (Å²) >= 11 is 7.60. The van der Waals surface area contributed by atoms with E-state index in [1.54, 1.807) is 18.7 Å². The molecule has 29 heavy (non-hydrogen) atoms. The fourth-order valence-electron chi connectivity index (χ4n) is 2.90. The third-order valence-electron chi connectivity index (χ3n) is 4.76. The van der Waals surface area contributed by atoms with Gasteiger partial charge < -0.3 is 4.90 Å². The molecule has 0 unspecified atom stereocenters. The van der Waals surface area contributed by atoms with E-state index in [0.717, 1.165) is 15.8 Å². The molecule has 1 aromatic carbocycles. The van der Waals surface area contributed by atoms with Crippen LogP contribution in [0.5, 0.6) is 0 Å². The van der Waals surface area contributed by atoms with Gasteiger partial charge in [0.25, 0.3) is 5.56 Å². The topological polar surface area (TPSA) is 71.3 Å². The van der Waals surface area contributed by atoms with Gasteiger partial charge in [-0.25, -0.2) is 9.97 Å². The minimum absolute atomic E-state index is 0.0873. The van der Waals surface area contributed by atoms with Gasteiger partial charge in [0.05, 0.1) is 16.5 Å². The molecule has 9 heteroatoms. The molecule has 0 N–H and O–H groups in total. The van der Waals surface area contributed by atoms with Gasteiger partial charge >= 0.3 is 0 Å². The molecule has 0 aliphatic rings. The molecule has 3 rings (SSSR count). The summed E-state index contributed by atoms with van der Waals surface area (Å²) in [4.78, 5) is 38.2. The van der Waals surface area contributed by atoms with Gasteiger partial charge in [0.1, 0.15) is 6.54 Å². The Labute approximate surface area is 178 Å². The second-order valence-corrected chi connectivity index (χ2v) is 8.75. The molecule has 1 amide bonds. The van der Waals surface area contributed by atoms with Gasteiger partial charge in [0.2, 0.25) is 5.91 Å². The van der Waals surface area contributed by atoms with Crippen molar-refractivity contribution < 1.29 is 4.79 Å². The Morgan fingerprint density at radius 1 is 1.21 bits per heavy atom. The van der Waals surface area contributed by atoms with E-state index in [4.69, 9.17) is 16.6 Å². The smallest absolute Gasteiger partial charge is 0.256 e. The fraction of sp³-hybridized carbons (Fsp3) is 0.400. The van der Waals surface area contributed by atoms with Crippen molar-refractivity contribution in [3.05, 3.63) is 50.7 Å². The van der Waals surface area contributed by atoms with Crippen LogP contribution in [-0.4, -0.2) is 52.5 Å². The van der Waals surface area contributed by atoms with Gasteiger partial charge in [-0.05, 0) is 52.6 Å². The van der Waals surface area contributed by atoms with Crippen molar-refractivity contribution in [3.63, 3.8) is 0 Å². The monoisotopic (exact) mass is 433 g/mol. The molecule has 0 aliphatic heterocycles. The number of benzene rings is 1. The molecule has 0 spiro atoms. The maximum absolute atomic E-state index is 13.2. The van der Waals surface area contributed by atoms with Crippen molar-refractivity contribution >= 4 is 44.2 Å². The maximum atomic E-state index is 13.2. The Bertz CT molecular complexity index is 1120. The van der Waals surface area contributed by atoms with Crippen molar-refractivity contribution in [1.29, 1.82) is 0 Å². The zero-order valence-electron chi connectivity index (χ0n) is 17.2. The van der Waals surface area contributed by atoms with Gasteiger partial charge in [0, 0.05) is 29.4 Å². The van der Waals surface area contributed by atoms with Crippen LogP contribution in [0.4, 0.5) is 5.13 Å². The molecule has 2 aromatic heterocycles. The van der Waals surface area contributed by atoms with E-state index in [9.17, 15) is 9.59 Å². The van der Waals surface area contributed by atoms with E-state index in [-0.39, 0.29) is 18.0 Å². The summed E-state index contributed by atoms with van der Waals surface area (Å²) in [5.74, 6) is -0.207. The van der Waals surface area contributed by atoms with Crippen LogP contribution in [-0.2, 0) is 11.3 Å². The number of anilines is 1. The lowest BCUT2D eigenvalue weighted by Crippen LogP contribution is -2.40. The zero-order valence-corrected chi connectivity index (χ0v) is 18.8. The third-order valence-corrected chi connectivity index (χ3v) is 6.01. The first-order valence-electron chi connectivity index (χ1n) is 9.21. The molecule has 0 bridgehead atoms. The first-order chi connectivity index (χ1) is 13.7. The molecule has 0 saturated carbocycles. The highest BCUT2D eigenvalue weighted by Gasteiger charge is 2.22. The number of aromatic nitrogens is 3. The van der Waals surface area contributed by atoms with Gasteiger partial charge in [-0.1, -0.05) is 22.9 Å². The highest BCUT2D eigenvalue weighted by molar-refractivity contribution is 7.22. The third kappa shape index (κ3) is 4.66. The normalized spacial score (nSPS) is 11.4. The minimum atomic E-state index is -0.207. The van der Waals surface area contributed by atoms with Crippen LogP contribution < -0.4 is 10.5 Å². The quantitative estimate of drug-likeness (QED) is 0.597. The van der Waals surface area contributed by atoms with Crippen LogP contribution in [0.1, 0.15) is 16.8 Å². The predicted octanol–water partition coefficient (Wildman–Crippen LogP) is 3.03. The van der Waals surface area contributed by atoms with E-state index in [1.165, 1.54) is 22.2 Å². The molecule has 0 aliphatic carbocycles. The lowest BCUT2D eigenvalue weighted by atomic mass is 10.2. The Morgan fingerprint density at radius 2 is 1.93 bits per heavy atom. The van der Waals surface area contributed by atoms with E-state index in [1.807, 2.05) is 38.1 Å². The maximum Gasteiger partial charge on any atom is 0.256 e. The lowest BCUT2D eigenvalue weighted by Gasteiger charge is -2.22. The summed E-state index contributed by atoms with van der Waals surface area (Å²) in [5.41, 5.74) is 2.81. The molecule has 2 heterocycles. The van der Waals surface area contributed by atoms with Gasteiger partial charge in [0.15, 0.2) is 5.13 Å². The van der Waals surface area contributed by atoms with E-state index in [2.05, 4.69) is 4.98 Å². The molecule has 0 fully saturated rings. The number of halogens is 1. The number of rotatable bonds is 6. The second kappa shape index (κ2) is 8.61. The summed E-state index contributed by atoms with van der Waals surface area (Å²) in [6.45, 7) is 6.49. The van der Waals surface area contributed by atoms with Gasteiger partial charge in [-0.3, -0.25) is 19.1 Å². The van der Waals surface area contributed by atoms with Crippen molar-refractivity contribution in [2.75, 3.05) is 32.1 Å². The number of fused-ring (bicyclic) bond motifs is 1. The van der Waals surface area contributed by atoms with E-state index < -0.39 is 0 Å². The fourth-order valence-corrected chi connectivity index (χ4v) is 4.37. The van der Waals surface area contributed by atoms with Gasteiger partial charge in [-0.2, -0.15) is 0 Å². The number of thiazole rings is 1. The van der Waals surface area contributed by atoms with Crippen LogP contribution in [0, 0.1) is 20.8 Å².